The summed E-state index contributed by atoms with van der Waals surface area (Å²) in [5.74, 6) is -0.463. The van der Waals surface area contributed by atoms with Crippen molar-refractivity contribution in [2.75, 3.05) is 13.2 Å². The summed E-state index contributed by atoms with van der Waals surface area (Å²) in [4.78, 5) is 11.3. The standard InChI is InChI=1S/C11H20O5S/c1-4-15-11(12)7-8(2)17(13,14)10-5-6-16-9(10)3/h8-10H,4-7H2,1-3H3. The second-order valence-electron chi connectivity index (χ2n) is 4.31. The van der Waals surface area contributed by atoms with E-state index in [9.17, 15) is 13.2 Å². The third kappa shape index (κ3) is 3.42. The third-order valence-electron chi connectivity index (χ3n) is 3.05. The highest BCUT2D eigenvalue weighted by Gasteiger charge is 2.39. The topological polar surface area (TPSA) is 69.7 Å². The summed E-state index contributed by atoms with van der Waals surface area (Å²) in [7, 11) is -3.33. The molecule has 17 heavy (non-hydrogen) atoms. The van der Waals surface area contributed by atoms with Crippen LogP contribution in [0.2, 0.25) is 0 Å². The minimum absolute atomic E-state index is 0.0839. The van der Waals surface area contributed by atoms with E-state index in [2.05, 4.69) is 0 Å². The lowest BCUT2D eigenvalue weighted by atomic mass is 10.2. The van der Waals surface area contributed by atoms with Gasteiger partial charge in [-0.15, -0.1) is 0 Å². The van der Waals surface area contributed by atoms with Crippen LogP contribution in [-0.2, 0) is 24.1 Å². The van der Waals surface area contributed by atoms with Crippen molar-refractivity contribution < 1.29 is 22.7 Å². The maximum Gasteiger partial charge on any atom is 0.307 e. The lowest BCUT2D eigenvalue weighted by Crippen LogP contribution is -2.36. The number of hydrogen-bond acceptors (Lipinski definition) is 5. The Morgan fingerprint density at radius 3 is 2.65 bits per heavy atom. The van der Waals surface area contributed by atoms with E-state index in [1.165, 1.54) is 0 Å². The van der Waals surface area contributed by atoms with Gasteiger partial charge in [0.2, 0.25) is 0 Å². The van der Waals surface area contributed by atoms with Gasteiger partial charge in [0.05, 0.1) is 29.6 Å². The monoisotopic (exact) mass is 264 g/mol. The predicted molar refractivity (Wildman–Crippen MR) is 63.5 cm³/mol. The summed E-state index contributed by atoms with van der Waals surface area (Å²) < 4.78 is 34.4. The second kappa shape index (κ2) is 5.82. The zero-order valence-corrected chi connectivity index (χ0v) is 11.3. The van der Waals surface area contributed by atoms with Crippen molar-refractivity contribution in [3.63, 3.8) is 0 Å². The van der Waals surface area contributed by atoms with Crippen LogP contribution in [0.4, 0.5) is 0 Å². The molecule has 0 saturated carbocycles. The molecule has 0 spiro atoms. The minimum Gasteiger partial charge on any atom is -0.466 e. The van der Waals surface area contributed by atoms with Gasteiger partial charge in [-0.25, -0.2) is 8.42 Å². The molecule has 3 unspecified atom stereocenters. The van der Waals surface area contributed by atoms with Crippen molar-refractivity contribution in [2.45, 2.75) is 50.2 Å². The maximum absolute atomic E-state index is 12.2. The van der Waals surface area contributed by atoms with Gasteiger partial charge in [-0.1, -0.05) is 0 Å². The molecule has 3 atom stereocenters. The first-order valence-electron chi connectivity index (χ1n) is 5.89. The van der Waals surface area contributed by atoms with Crippen LogP contribution in [0.25, 0.3) is 0 Å². The summed E-state index contributed by atoms with van der Waals surface area (Å²) in [6, 6.07) is 0. The fraction of sp³-hybridized carbons (Fsp3) is 0.909. The van der Waals surface area contributed by atoms with Crippen LogP contribution in [0.1, 0.15) is 33.6 Å². The van der Waals surface area contributed by atoms with Gasteiger partial charge in [0.1, 0.15) is 0 Å². The zero-order valence-electron chi connectivity index (χ0n) is 10.5. The van der Waals surface area contributed by atoms with Crippen LogP contribution in [0, 0.1) is 0 Å². The molecular weight excluding hydrogens is 244 g/mol. The van der Waals surface area contributed by atoms with Crippen molar-refractivity contribution in [1.82, 2.24) is 0 Å². The van der Waals surface area contributed by atoms with E-state index >= 15 is 0 Å². The van der Waals surface area contributed by atoms with Crippen molar-refractivity contribution in [1.29, 1.82) is 0 Å². The Morgan fingerprint density at radius 2 is 2.18 bits per heavy atom. The largest absolute Gasteiger partial charge is 0.466 e. The van der Waals surface area contributed by atoms with Gasteiger partial charge in [-0.2, -0.15) is 0 Å². The van der Waals surface area contributed by atoms with Crippen molar-refractivity contribution >= 4 is 15.8 Å². The molecule has 1 rings (SSSR count). The molecule has 1 aliphatic heterocycles. The molecule has 1 saturated heterocycles. The number of sulfone groups is 1. The van der Waals surface area contributed by atoms with E-state index in [1.54, 1.807) is 20.8 Å². The van der Waals surface area contributed by atoms with Gasteiger partial charge in [-0.3, -0.25) is 4.79 Å². The summed E-state index contributed by atoms with van der Waals surface area (Å²) in [5, 5.41) is -1.21. The van der Waals surface area contributed by atoms with Gasteiger partial charge >= 0.3 is 5.97 Å². The summed E-state index contributed by atoms with van der Waals surface area (Å²) >= 11 is 0. The highest BCUT2D eigenvalue weighted by molar-refractivity contribution is 7.92. The van der Waals surface area contributed by atoms with Gasteiger partial charge < -0.3 is 9.47 Å². The highest BCUT2D eigenvalue weighted by atomic mass is 32.2. The van der Waals surface area contributed by atoms with E-state index < -0.39 is 26.3 Å². The van der Waals surface area contributed by atoms with Crippen LogP contribution in [0.3, 0.4) is 0 Å². The molecule has 100 valence electrons. The Balaban J connectivity index is 2.66. The van der Waals surface area contributed by atoms with Crippen molar-refractivity contribution in [3.05, 3.63) is 0 Å². The first-order valence-corrected chi connectivity index (χ1v) is 7.50. The van der Waals surface area contributed by atoms with Crippen LogP contribution in [0.15, 0.2) is 0 Å². The van der Waals surface area contributed by atoms with Crippen LogP contribution in [-0.4, -0.2) is 44.2 Å². The van der Waals surface area contributed by atoms with Crippen LogP contribution < -0.4 is 0 Å². The molecule has 6 heteroatoms. The molecule has 1 aliphatic rings. The molecule has 0 radical (unpaired) electrons. The number of rotatable bonds is 5. The number of ether oxygens (including phenoxy) is 2. The maximum atomic E-state index is 12.2. The van der Waals surface area contributed by atoms with E-state index in [1.807, 2.05) is 0 Å². The molecule has 0 bridgehead atoms. The summed E-state index contributed by atoms with van der Waals surface area (Å²) in [5.41, 5.74) is 0. The molecule has 0 aromatic rings. The van der Waals surface area contributed by atoms with Gasteiger partial charge in [-0.05, 0) is 27.2 Å². The first kappa shape index (κ1) is 14.4. The fourth-order valence-corrected chi connectivity index (χ4v) is 4.02. The zero-order chi connectivity index (χ0) is 13.1. The minimum atomic E-state index is -3.33. The molecule has 0 aromatic carbocycles. The Labute approximate surface area is 102 Å². The average Bonchev–Trinajstić information content (AvgIpc) is 2.65. The first-order chi connectivity index (χ1) is 7.89. The van der Waals surface area contributed by atoms with Gasteiger partial charge in [0, 0.05) is 6.61 Å². The van der Waals surface area contributed by atoms with Crippen LogP contribution in [0.5, 0.6) is 0 Å². The molecule has 0 aliphatic carbocycles. The molecule has 0 aromatic heterocycles. The number of esters is 1. The molecule has 5 nitrogen and oxygen atoms in total. The van der Waals surface area contributed by atoms with E-state index in [4.69, 9.17) is 9.47 Å². The molecule has 1 fully saturated rings. The molecule has 0 N–H and O–H groups in total. The molecular formula is C11H20O5S. The van der Waals surface area contributed by atoms with Crippen LogP contribution >= 0.6 is 0 Å². The summed E-state index contributed by atoms with van der Waals surface area (Å²) in [6.07, 6.45) is 0.139. The lowest BCUT2D eigenvalue weighted by Gasteiger charge is -2.19. The van der Waals surface area contributed by atoms with Gasteiger partial charge in [0.15, 0.2) is 9.84 Å². The van der Waals surface area contributed by atoms with E-state index in [0.717, 1.165) is 0 Å². The smallest absolute Gasteiger partial charge is 0.307 e. The van der Waals surface area contributed by atoms with E-state index in [-0.39, 0.29) is 19.1 Å². The van der Waals surface area contributed by atoms with Crippen molar-refractivity contribution in [3.8, 4) is 0 Å². The number of carbonyl (C=O) groups is 1. The second-order valence-corrected chi connectivity index (χ2v) is 6.90. The molecule has 0 amide bonds. The SMILES string of the molecule is CCOC(=O)CC(C)S(=O)(=O)C1CCOC1C. The fourth-order valence-electron chi connectivity index (χ4n) is 2.01. The Bertz CT molecular complexity index is 362. The third-order valence-corrected chi connectivity index (χ3v) is 5.80. The molecule has 1 heterocycles. The lowest BCUT2D eigenvalue weighted by molar-refractivity contribution is -0.143. The van der Waals surface area contributed by atoms with Crippen molar-refractivity contribution in [2.24, 2.45) is 0 Å². The Kier molecular flexibility index (Phi) is 4.94. The summed E-state index contributed by atoms with van der Waals surface area (Å²) in [6.45, 7) is 5.75. The number of carbonyl (C=O) groups excluding carboxylic acids is 1. The predicted octanol–water partition coefficient (Wildman–Crippen LogP) is 0.920. The van der Waals surface area contributed by atoms with E-state index in [0.29, 0.717) is 13.0 Å². The average molecular weight is 264 g/mol. The number of hydrogen-bond donors (Lipinski definition) is 0. The highest BCUT2D eigenvalue weighted by Crippen LogP contribution is 2.25. The Morgan fingerprint density at radius 1 is 1.53 bits per heavy atom. The quantitative estimate of drug-likeness (QED) is 0.691. The Hall–Kier alpha value is -0.620. The van der Waals surface area contributed by atoms with Gasteiger partial charge in [0.25, 0.3) is 0 Å². The normalized spacial score (nSPS) is 26.8.